The Morgan fingerprint density at radius 3 is 2.70 bits per heavy atom. The molecule has 1 aromatic carbocycles. The number of halogens is 3. The fourth-order valence-electron chi connectivity index (χ4n) is 2.01. The summed E-state index contributed by atoms with van der Waals surface area (Å²) >= 11 is 0. The van der Waals surface area contributed by atoms with Gasteiger partial charge in [-0.15, -0.1) is 0 Å². The van der Waals surface area contributed by atoms with Gasteiger partial charge in [0.05, 0.1) is 12.2 Å². The van der Waals surface area contributed by atoms with Gasteiger partial charge in [-0.2, -0.15) is 13.2 Å². The van der Waals surface area contributed by atoms with E-state index in [-0.39, 0.29) is 18.0 Å². The number of hydrogen-bond donors (Lipinski definition) is 1. The van der Waals surface area contributed by atoms with E-state index in [0.29, 0.717) is 11.3 Å². The van der Waals surface area contributed by atoms with Gasteiger partial charge in [0.1, 0.15) is 0 Å². The molecular weight excluding hydrogens is 309 g/mol. The summed E-state index contributed by atoms with van der Waals surface area (Å²) in [6.07, 6.45) is -3.02. The van der Waals surface area contributed by atoms with Crippen LogP contribution in [0.25, 0.3) is 0 Å². The zero-order chi connectivity index (χ0) is 17.0. The van der Waals surface area contributed by atoms with Gasteiger partial charge in [-0.05, 0) is 38.1 Å². The lowest BCUT2D eigenvalue weighted by molar-refractivity contribution is -0.137. The molecular formula is C16H15F3N2O2. The summed E-state index contributed by atoms with van der Waals surface area (Å²) in [7, 11) is 0. The molecule has 0 spiro atoms. The van der Waals surface area contributed by atoms with Gasteiger partial charge in [-0.3, -0.25) is 0 Å². The fourth-order valence-corrected chi connectivity index (χ4v) is 2.01. The van der Waals surface area contributed by atoms with Crippen molar-refractivity contribution in [2.75, 3.05) is 11.9 Å². The first kappa shape index (κ1) is 16.8. The first-order valence-electron chi connectivity index (χ1n) is 6.90. The second-order valence-electron chi connectivity index (χ2n) is 4.76. The maximum Gasteiger partial charge on any atom is 0.416 e. The maximum absolute atomic E-state index is 12.7. The minimum Gasteiger partial charge on any atom is -0.461 e. The van der Waals surface area contributed by atoms with E-state index in [4.69, 9.17) is 4.74 Å². The predicted molar refractivity (Wildman–Crippen MR) is 79.7 cm³/mol. The van der Waals surface area contributed by atoms with Crippen molar-refractivity contribution in [3.63, 3.8) is 0 Å². The third-order valence-corrected chi connectivity index (χ3v) is 3.14. The second-order valence-corrected chi connectivity index (χ2v) is 4.76. The van der Waals surface area contributed by atoms with Gasteiger partial charge >= 0.3 is 12.1 Å². The Labute approximate surface area is 131 Å². The zero-order valence-corrected chi connectivity index (χ0v) is 12.6. The van der Waals surface area contributed by atoms with Gasteiger partial charge in [0.15, 0.2) is 5.69 Å². The van der Waals surface area contributed by atoms with E-state index in [0.717, 1.165) is 12.1 Å². The molecule has 0 bridgehead atoms. The van der Waals surface area contributed by atoms with E-state index in [2.05, 4.69) is 10.3 Å². The van der Waals surface area contributed by atoms with Crippen molar-refractivity contribution >= 4 is 17.3 Å². The lowest BCUT2D eigenvalue weighted by Crippen LogP contribution is -2.10. The number of esters is 1. The summed E-state index contributed by atoms with van der Waals surface area (Å²) in [5.74, 6) is -0.572. The molecule has 7 heteroatoms. The average molecular weight is 324 g/mol. The molecule has 0 aliphatic heterocycles. The predicted octanol–water partition coefficient (Wildman–Crippen LogP) is 4.33. The number of anilines is 2. The molecule has 0 aliphatic rings. The lowest BCUT2D eigenvalue weighted by Gasteiger charge is -2.13. The van der Waals surface area contributed by atoms with Gasteiger partial charge in [0.2, 0.25) is 0 Å². The fraction of sp³-hybridized carbons (Fsp3) is 0.250. The maximum atomic E-state index is 12.7. The van der Waals surface area contributed by atoms with Gasteiger partial charge in [0, 0.05) is 23.1 Å². The summed E-state index contributed by atoms with van der Waals surface area (Å²) in [5, 5.41) is 2.87. The molecule has 0 fully saturated rings. The number of rotatable bonds is 4. The van der Waals surface area contributed by atoms with Crippen LogP contribution in [-0.2, 0) is 10.9 Å². The van der Waals surface area contributed by atoms with Gasteiger partial charge < -0.3 is 10.1 Å². The highest BCUT2D eigenvalue weighted by atomic mass is 19.4. The van der Waals surface area contributed by atoms with Crippen molar-refractivity contribution in [2.24, 2.45) is 0 Å². The van der Waals surface area contributed by atoms with Crippen LogP contribution in [0.1, 0.15) is 28.5 Å². The molecule has 0 saturated heterocycles. The largest absolute Gasteiger partial charge is 0.461 e. The standard InChI is InChI=1S/C16H15F3N2O2/c1-3-23-15(22)14-10(2)13(7-8-20-14)21-12-6-4-5-11(9-12)16(17,18)19/h4-9H,3H2,1-2H3,(H,20,21). The highest BCUT2D eigenvalue weighted by molar-refractivity contribution is 5.90. The summed E-state index contributed by atoms with van der Waals surface area (Å²) in [5.41, 5.74) is 0.637. The molecule has 2 rings (SSSR count). The van der Waals surface area contributed by atoms with E-state index in [1.54, 1.807) is 19.9 Å². The molecule has 0 amide bonds. The van der Waals surface area contributed by atoms with Crippen LogP contribution in [0, 0.1) is 6.92 Å². The Kier molecular flexibility index (Phi) is 4.88. The van der Waals surface area contributed by atoms with Crippen molar-refractivity contribution in [1.82, 2.24) is 4.98 Å². The zero-order valence-electron chi connectivity index (χ0n) is 12.6. The Balaban J connectivity index is 2.31. The molecule has 2 aromatic rings. The van der Waals surface area contributed by atoms with E-state index >= 15 is 0 Å². The van der Waals surface area contributed by atoms with E-state index in [1.807, 2.05) is 0 Å². The van der Waals surface area contributed by atoms with Crippen LogP contribution < -0.4 is 5.32 Å². The summed E-state index contributed by atoms with van der Waals surface area (Å²) in [6, 6.07) is 6.41. The Morgan fingerprint density at radius 1 is 1.30 bits per heavy atom. The minimum absolute atomic E-state index is 0.129. The number of carbonyl (C=O) groups is 1. The van der Waals surface area contributed by atoms with Gasteiger partial charge in [-0.25, -0.2) is 9.78 Å². The molecule has 1 heterocycles. The number of alkyl halides is 3. The molecule has 0 radical (unpaired) electrons. The van der Waals surface area contributed by atoms with Crippen LogP contribution in [0.5, 0.6) is 0 Å². The van der Waals surface area contributed by atoms with Gasteiger partial charge in [0.25, 0.3) is 0 Å². The molecule has 1 aromatic heterocycles. The molecule has 1 N–H and O–H groups in total. The number of pyridine rings is 1. The summed E-state index contributed by atoms with van der Waals surface area (Å²) in [6.45, 7) is 3.54. The smallest absolute Gasteiger partial charge is 0.416 e. The highest BCUT2D eigenvalue weighted by Gasteiger charge is 2.30. The van der Waals surface area contributed by atoms with Crippen molar-refractivity contribution in [1.29, 1.82) is 0 Å². The van der Waals surface area contributed by atoms with Crippen molar-refractivity contribution in [2.45, 2.75) is 20.0 Å². The van der Waals surface area contributed by atoms with Crippen LogP contribution in [0.4, 0.5) is 24.5 Å². The Morgan fingerprint density at radius 2 is 2.04 bits per heavy atom. The van der Waals surface area contributed by atoms with E-state index in [1.165, 1.54) is 18.3 Å². The van der Waals surface area contributed by atoms with Gasteiger partial charge in [-0.1, -0.05) is 6.07 Å². The van der Waals surface area contributed by atoms with Crippen LogP contribution in [0.2, 0.25) is 0 Å². The van der Waals surface area contributed by atoms with E-state index < -0.39 is 17.7 Å². The number of benzene rings is 1. The number of nitrogens with one attached hydrogen (secondary N) is 1. The second kappa shape index (κ2) is 6.68. The van der Waals surface area contributed by atoms with Crippen LogP contribution in [0.3, 0.4) is 0 Å². The topological polar surface area (TPSA) is 51.2 Å². The molecule has 0 aliphatic carbocycles. The molecule has 4 nitrogen and oxygen atoms in total. The molecule has 0 atom stereocenters. The van der Waals surface area contributed by atoms with Crippen LogP contribution in [0.15, 0.2) is 36.5 Å². The monoisotopic (exact) mass is 324 g/mol. The normalized spacial score (nSPS) is 11.2. The molecule has 0 unspecified atom stereocenters. The third kappa shape index (κ3) is 4.00. The number of nitrogens with zero attached hydrogens (tertiary/aromatic N) is 1. The summed E-state index contributed by atoms with van der Waals surface area (Å²) in [4.78, 5) is 15.8. The van der Waals surface area contributed by atoms with E-state index in [9.17, 15) is 18.0 Å². The highest BCUT2D eigenvalue weighted by Crippen LogP contribution is 2.32. The average Bonchev–Trinajstić information content (AvgIpc) is 2.49. The van der Waals surface area contributed by atoms with Crippen molar-refractivity contribution < 1.29 is 22.7 Å². The SMILES string of the molecule is CCOC(=O)c1nccc(Nc2cccc(C(F)(F)F)c2)c1C. The van der Waals surface area contributed by atoms with Crippen LogP contribution >= 0.6 is 0 Å². The molecule has 122 valence electrons. The van der Waals surface area contributed by atoms with Crippen LogP contribution in [-0.4, -0.2) is 17.6 Å². The quantitative estimate of drug-likeness (QED) is 0.851. The summed E-state index contributed by atoms with van der Waals surface area (Å²) < 4.78 is 43.1. The number of hydrogen-bond acceptors (Lipinski definition) is 4. The molecule has 0 saturated carbocycles. The number of ether oxygens (including phenoxy) is 1. The van der Waals surface area contributed by atoms with Crippen molar-refractivity contribution in [3.05, 3.63) is 53.3 Å². The first-order valence-corrected chi connectivity index (χ1v) is 6.90. The lowest BCUT2D eigenvalue weighted by atomic mass is 10.1. The molecule has 23 heavy (non-hydrogen) atoms. The van der Waals surface area contributed by atoms with Crippen molar-refractivity contribution in [3.8, 4) is 0 Å². The number of aromatic nitrogens is 1. The Hall–Kier alpha value is -2.57. The Bertz CT molecular complexity index is 715. The minimum atomic E-state index is -4.42. The third-order valence-electron chi connectivity index (χ3n) is 3.14. The first-order chi connectivity index (χ1) is 10.8. The number of carbonyl (C=O) groups excluding carboxylic acids is 1.